The molecular formula is C23H21N3O6. The zero-order valence-electron chi connectivity index (χ0n) is 17.2. The van der Waals surface area contributed by atoms with Gasteiger partial charge in [-0.05, 0) is 30.2 Å². The third kappa shape index (κ3) is 5.82. The number of nitrogens with one attached hydrogen (secondary N) is 1. The third-order valence-corrected chi connectivity index (χ3v) is 4.32. The van der Waals surface area contributed by atoms with Gasteiger partial charge in [0.15, 0.2) is 18.1 Å². The highest BCUT2D eigenvalue weighted by Gasteiger charge is 2.16. The fourth-order valence-corrected chi connectivity index (χ4v) is 2.81. The fourth-order valence-electron chi connectivity index (χ4n) is 2.81. The molecule has 3 aromatic rings. The number of phenols is 1. The second kappa shape index (κ2) is 10.6. The minimum Gasteiger partial charge on any atom is -0.504 e. The molecule has 0 heterocycles. The minimum absolute atomic E-state index is 0.0281. The number of rotatable bonds is 9. The Labute approximate surface area is 184 Å². The molecule has 0 fully saturated rings. The number of aromatic hydroxyl groups is 1. The largest absolute Gasteiger partial charge is 0.504 e. The average Bonchev–Trinajstić information content (AvgIpc) is 2.81. The van der Waals surface area contributed by atoms with Crippen LogP contribution >= 0.6 is 0 Å². The van der Waals surface area contributed by atoms with E-state index in [1.807, 2.05) is 42.5 Å². The number of hydrogen-bond acceptors (Lipinski definition) is 7. The third-order valence-electron chi connectivity index (χ3n) is 4.32. The molecule has 9 nitrogen and oxygen atoms in total. The van der Waals surface area contributed by atoms with Crippen molar-refractivity contribution in [2.75, 3.05) is 13.2 Å². The van der Waals surface area contributed by atoms with Gasteiger partial charge in [-0.1, -0.05) is 42.5 Å². The number of ether oxygens (including phenoxy) is 2. The fraction of sp³-hybridized carbons (Fsp3) is 0.130. The molecule has 0 aromatic heterocycles. The molecule has 0 spiro atoms. The summed E-state index contributed by atoms with van der Waals surface area (Å²) >= 11 is 0. The maximum absolute atomic E-state index is 12.0. The highest BCUT2D eigenvalue weighted by molar-refractivity contribution is 5.87. The van der Waals surface area contributed by atoms with Crippen molar-refractivity contribution < 1.29 is 24.3 Å². The molecular weight excluding hydrogens is 414 g/mol. The number of nitro groups is 1. The Morgan fingerprint density at radius 3 is 2.44 bits per heavy atom. The van der Waals surface area contributed by atoms with Crippen molar-refractivity contribution in [2.24, 2.45) is 5.10 Å². The lowest BCUT2D eigenvalue weighted by Crippen LogP contribution is -2.24. The number of carbonyl (C=O) groups is 1. The van der Waals surface area contributed by atoms with Crippen molar-refractivity contribution in [3.05, 3.63) is 82.4 Å². The van der Waals surface area contributed by atoms with Crippen LogP contribution in [0.15, 0.2) is 71.8 Å². The zero-order valence-corrected chi connectivity index (χ0v) is 17.2. The van der Waals surface area contributed by atoms with Crippen molar-refractivity contribution in [2.45, 2.75) is 6.92 Å². The van der Waals surface area contributed by atoms with Crippen molar-refractivity contribution in [1.82, 2.24) is 5.43 Å². The van der Waals surface area contributed by atoms with Crippen LogP contribution in [0.3, 0.4) is 0 Å². The summed E-state index contributed by atoms with van der Waals surface area (Å²) in [4.78, 5) is 22.4. The number of phenolic OH excluding ortho intramolecular Hbond substituents is 1. The van der Waals surface area contributed by atoms with E-state index in [2.05, 4.69) is 10.5 Å². The van der Waals surface area contributed by atoms with Gasteiger partial charge in [-0.25, -0.2) is 5.43 Å². The van der Waals surface area contributed by atoms with Gasteiger partial charge in [-0.2, -0.15) is 5.10 Å². The molecule has 0 unspecified atom stereocenters. The van der Waals surface area contributed by atoms with Crippen LogP contribution in [-0.2, 0) is 4.79 Å². The van der Waals surface area contributed by atoms with Crippen LogP contribution in [-0.4, -0.2) is 35.4 Å². The highest BCUT2D eigenvalue weighted by Crippen LogP contribution is 2.33. The van der Waals surface area contributed by atoms with E-state index in [-0.39, 0.29) is 36.0 Å². The van der Waals surface area contributed by atoms with Crippen LogP contribution in [0.2, 0.25) is 0 Å². The van der Waals surface area contributed by atoms with Crippen LogP contribution in [0.4, 0.5) is 5.69 Å². The number of carbonyl (C=O) groups excluding carboxylic acids is 1. The van der Waals surface area contributed by atoms with E-state index in [9.17, 15) is 20.0 Å². The van der Waals surface area contributed by atoms with Gasteiger partial charge in [0.25, 0.3) is 11.6 Å². The molecule has 0 aliphatic rings. The lowest BCUT2D eigenvalue weighted by molar-refractivity contribution is -0.385. The molecule has 3 aromatic carbocycles. The number of amides is 1. The van der Waals surface area contributed by atoms with E-state index < -0.39 is 10.8 Å². The summed E-state index contributed by atoms with van der Waals surface area (Å²) in [6.45, 7) is 1.61. The second-order valence-corrected chi connectivity index (χ2v) is 6.54. The zero-order chi connectivity index (χ0) is 22.9. The van der Waals surface area contributed by atoms with Crippen LogP contribution in [0.25, 0.3) is 11.1 Å². The van der Waals surface area contributed by atoms with E-state index in [0.29, 0.717) is 5.75 Å². The first-order valence-electron chi connectivity index (χ1n) is 9.72. The van der Waals surface area contributed by atoms with Gasteiger partial charge in [0.05, 0.1) is 23.8 Å². The summed E-state index contributed by atoms with van der Waals surface area (Å²) in [5, 5.41) is 25.0. The summed E-state index contributed by atoms with van der Waals surface area (Å²) < 4.78 is 10.6. The van der Waals surface area contributed by atoms with Gasteiger partial charge in [0.2, 0.25) is 0 Å². The smallest absolute Gasteiger partial charge is 0.277 e. The van der Waals surface area contributed by atoms with Crippen molar-refractivity contribution in [1.29, 1.82) is 0 Å². The molecule has 0 atom stereocenters. The lowest BCUT2D eigenvalue weighted by atomic mass is 10.1. The number of non-ortho nitro benzene ring substituents is 1. The van der Waals surface area contributed by atoms with Crippen molar-refractivity contribution >= 4 is 17.8 Å². The van der Waals surface area contributed by atoms with Gasteiger partial charge >= 0.3 is 0 Å². The Bertz CT molecular complexity index is 1110. The normalized spacial score (nSPS) is 10.7. The first-order valence-corrected chi connectivity index (χ1v) is 9.72. The summed E-state index contributed by atoms with van der Waals surface area (Å²) in [7, 11) is 0. The maximum Gasteiger partial charge on any atom is 0.277 e. The number of nitrogens with zero attached hydrogens (tertiary/aromatic N) is 2. The Hall–Kier alpha value is -4.40. The molecule has 2 N–H and O–H groups in total. The predicted molar refractivity (Wildman–Crippen MR) is 119 cm³/mol. The first kappa shape index (κ1) is 22.3. The Kier molecular flexibility index (Phi) is 7.37. The number of benzene rings is 3. The number of hydrazone groups is 1. The quantitative estimate of drug-likeness (QED) is 0.299. The Morgan fingerprint density at radius 2 is 1.78 bits per heavy atom. The molecule has 1 amide bonds. The molecule has 3 rings (SSSR count). The molecule has 0 aliphatic carbocycles. The van der Waals surface area contributed by atoms with Gasteiger partial charge in [0, 0.05) is 11.6 Å². The standard InChI is InChI=1S/C23H21N3O6/c1-2-31-21-13-19(26(29)30)12-18(23(21)28)14-24-25-22(27)15-32-20-10-8-17(9-11-20)16-6-4-3-5-7-16/h3-14,28H,2,15H2,1H3,(H,25,27)/b24-14+. The van der Waals surface area contributed by atoms with Crippen LogP contribution in [0, 0.1) is 10.1 Å². The molecule has 0 aliphatic heterocycles. The van der Waals surface area contributed by atoms with Crippen molar-refractivity contribution in [3.63, 3.8) is 0 Å². The molecule has 9 heteroatoms. The minimum atomic E-state index is -0.616. The monoisotopic (exact) mass is 435 g/mol. The molecule has 0 radical (unpaired) electrons. The Morgan fingerprint density at radius 1 is 1.09 bits per heavy atom. The number of hydrogen-bond donors (Lipinski definition) is 2. The van der Waals surface area contributed by atoms with Gasteiger partial charge in [0.1, 0.15) is 5.75 Å². The maximum atomic E-state index is 12.0. The van der Waals surface area contributed by atoms with Crippen LogP contribution in [0.1, 0.15) is 12.5 Å². The highest BCUT2D eigenvalue weighted by atomic mass is 16.6. The van der Waals surface area contributed by atoms with E-state index in [4.69, 9.17) is 9.47 Å². The molecule has 0 bridgehead atoms. The lowest BCUT2D eigenvalue weighted by Gasteiger charge is -2.08. The van der Waals surface area contributed by atoms with Crippen molar-refractivity contribution in [3.8, 4) is 28.4 Å². The molecule has 0 saturated heterocycles. The number of nitro benzene ring substituents is 1. The topological polar surface area (TPSA) is 123 Å². The SMILES string of the molecule is CCOc1cc([N+](=O)[O-])cc(/C=N/NC(=O)COc2ccc(-c3ccccc3)cc2)c1O. The molecule has 164 valence electrons. The Balaban J connectivity index is 1.57. The van der Waals surface area contributed by atoms with E-state index in [1.54, 1.807) is 19.1 Å². The second-order valence-electron chi connectivity index (χ2n) is 6.54. The van der Waals surface area contributed by atoms with E-state index in [1.165, 1.54) is 0 Å². The summed E-state index contributed by atoms with van der Waals surface area (Å²) in [6, 6.07) is 19.4. The van der Waals surface area contributed by atoms with Gasteiger partial charge in [-0.15, -0.1) is 0 Å². The summed E-state index contributed by atoms with van der Waals surface area (Å²) in [5.41, 5.74) is 4.10. The summed E-state index contributed by atoms with van der Waals surface area (Å²) in [6.07, 6.45) is 1.09. The van der Waals surface area contributed by atoms with E-state index >= 15 is 0 Å². The first-order chi connectivity index (χ1) is 15.5. The predicted octanol–water partition coefficient (Wildman–Crippen LogP) is 3.90. The van der Waals surface area contributed by atoms with Crippen LogP contribution in [0.5, 0.6) is 17.2 Å². The van der Waals surface area contributed by atoms with E-state index in [0.717, 1.165) is 29.5 Å². The van der Waals surface area contributed by atoms with Gasteiger partial charge in [-0.3, -0.25) is 14.9 Å². The molecule has 0 saturated carbocycles. The van der Waals surface area contributed by atoms with Crippen LogP contribution < -0.4 is 14.9 Å². The molecule has 32 heavy (non-hydrogen) atoms. The van der Waals surface area contributed by atoms with Gasteiger partial charge < -0.3 is 14.6 Å². The summed E-state index contributed by atoms with van der Waals surface area (Å²) in [5.74, 6) is -0.383. The average molecular weight is 435 g/mol.